The molecule has 1 heterocycles. The van der Waals surface area contributed by atoms with Crippen LogP contribution in [-0.2, 0) is 23.6 Å². The molecule has 1 unspecified atom stereocenters. The van der Waals surface area contributed by atoms with E-state index in [4.69, 9.17) is 5.11 Å². The van der Waals surface area contributed by atoms with Crippen LogP contribution >= 0.6 is 0 Å². The second-order valence-corrected chi connectivity index (χ2v) is 6.21. The van der Waals surface area contributed by atoms with E-state index in [1.165, 1.54) is 10.7 Å². The number of alkyl halides is 3. The smallest absolute Gasteiger partial charge is 0.390 e. The third-order valence-corrected chi connectivity index (χ3v) is 4.50. The Morgan fingerprint density at radius 1 is 1.36 bits per heavy atom. The fourth-order valence-electron chi connectivity index (χ4n) is 1.94. The quantitative estimate of drug-likeness (QED) is 0.931. The molecular formula is C13H14F3N3O2S. The zero-order valence-corrected chi connectivity index (χ0v) is 12.7. The lowest BCUT2D eigenvalue weighted by molar-refractivity contribution is -0.137. The maximum Gasteiger partial charge on any atom is 0.416 e. The number of rotatable bonds is 4. The lowest BCUT2D eigenvalue weighted by Gasteiger charge is -2.13. The Hall–Kier alpha value is -1.74. The van der Waals surface area contributed by atoms with Gasteiger partial charge in [0.25, 0.3) is 0 Å². The molecule has 0 spiro atoms. The van der Waals surface area contributed by atoms with Crippen LogP contribution in [0.4, 0.5) is 13.2 Å². The van der Waals surface area contributed by atoms with Gasteiger partial charge in [-0.05, 0) is 25.1 Å². The van der Waals surface area contributed by atoms with Gasteiger partial charge in [-0.15, -0.1) is 5.10 Å². The zero-order chi connectivity index (χ0) is 16.5. The van der Waals surface area contributed by atoms with E-state index in [0.717, 1.165) is 12.1 Å². The largest absolute Gasteiger partial charge is 0.416 e. The summed E-state index contributed by atoms with van der Waals surface area (Å²) in [6.45, 7) is 2.91. The van der Waals surface area contributed by atoms with Crippen molar-refractivity contribution in [3.63, 3.8) is 0 Å². The zero-order valence-electron chi connectivity index (χ0n) is 11.9. The summed E-state index contributed by atoms with van der Waals surface area (Å²) in [6.07, 6.45) is -4.51. The highest BCUT2D eigenvalue weighted by Crippen LogP contribution is 2.32. The van der Waals surface area contributed by atoms with Crippen molar-refractivity contribution >= 4 is 10.8 Å². The van der Waals surface area contributed by atoms with Gasteiger partial charge in [0.2, 0.25) is 0 Å². The van der Waals surface area contributed by atoms with E-state index in [-0.39, 0.29) is 22.9 Å². The molecule has 0 aliphatic carbocycles. The van der Waals surface area contributed by atoms with Crippen LogP contribution < -0.4 is 0 Å². The van der Waals surface area contributed by atoms with Gasteiger partial charge in [0, 0.05) is 5.75 Å². The van der Waals surface area contributed by atoms with Crippen molar-refractivity contribution in [2.24, 2.45) is 0 Å². The van der Waals surface area contributed by atoms with Gasteiger partial charge in [-0.3, -0.25) is 4.21 Å². The molecule has 0 aliphatic rings. The van der Waals surface area contributed by atoms with Crippen molar-refractivity contribution in [3.05, 3.63) is 35.2 Å². The van der Waals surface area contributed by atoms with E-state index in [1.807, 2.05) is 0 Å². The van der Waals surface area contributed by atoms with Crippen molar-refractivity contribution in [2.75, 3.05) is 5.75 Å². The molecule has 9 heteroatoms. The molecule has 120 valence electrons. The Bertz CT molecular complexity index is 713. The van der Waals surface area contributed by atoms with Crippen LogP contribution in [0.15, 0.2) is 23.1 Å². The standard InChI is InChI=1S/C13H14F3N3O2S/c1-3-22(21)12-6-9(13(14,15)16)4-5-11(12)19-8(2)10(7-20)17-18-19/h4-6,20H,3,7H2,1-2H3. The molecule has 0 saturated heterocycles. The van der Waals surface area contributed by atoms with Gasteiger partial charge in [0.1, 0.15) is 5.69 Å². The molecule has 1 aromatic heterocycles. The van der Waals surface area contributed by atoms with Gasteiger partial charge in [-0.2, -0.15) is 13.2 Å². The van der Waals surface area contributed by atoms with Crippen molar-refractivity contribution in [1.29, 1.82) is 0 Å². The molecular weight excluding hydrogens is 319 g/mol. The normalized spacial score (nSPS) is 13.4. The molecule has 1 N–H and O–H groups in total. The SMILES string of the molecule is CCS(=O)c1cc(C(F)(F)F)ccc1-n1nnc(CO)c1C. The van der Waals surface area contributed by atoms with E-state index >= 15 is 0 Å². The lowest BCUT2D eigenvalue weighted by atomic mass is 10.2. The minimum Gasteiger partial charge on any atom is -0.390 e. The molecule has 1 atom stereocenters. The summed E-state index contributed by atoms with van der Waals surface area (Å²) < 4.78 is 51.9. The number of hydrogen-bond donors (Lipinski definition) is 1. The van der Waals surface area contributed by atoms with E-state index in [2.05, 4.69) is 10.3 Å². The molecule has 5 nitrogen and oxygen atoms in total. The van der Waals surface area contributed by atoms with Gasteiger partial charge in [-0.1, -0.05) is 12.1 Å². The minimum absolute atomic E-state index is 0.0369. The predicted molar refractivity (Wildman–Crippen MR) is 74.0 cm³/mol. The molecule has 1 aromatic carbocycles. The first kappa shape index (κ1) is 16.6. The molecule has 2 aromatic rings. The van der Waals surface area contributed by atoms with Crippen molar-refractivity contribution in [2.45, 2.75) is 31.5 Å². The van der Waals surface area contributed by atoms with Crippen LogP contribution in [0, 0.1) is 6.92 Å². The summed E-state index contributed by atoms with van der Waals surface area (Å²) >= 11 is 0. The Morgan fingerprint density at radius 3 is 2.55 bits per heavy atom. The Labute approximate surface area is 127 Å². The summed E-state index contributed by atoms with van der Waals surface area (Å²) in [5, 5.41) is 16.7. The van der Waals surface area contributed by atoms with Gasteiger partial charge in [0.15, 0.2) is 0 Å². The number of hydrogen-bond acceptors (Lipinski definition) is 4. The average molecular weight is 333 g/mol. The first-order valence-corrected chi connectivity index (χ1v) is 7.73. The topological polar surface area (TPSA) is 68.0 Å². The van der Waals surface area contributed by atoms with Crippen LogP contribution in [0.1, 0.15) is 23.9 Å². The first-order valence-electron chi connectivity index (χ1n) is 6.41. The van der Waals surface area contributed by atoms with Gasteiger partial charge >= 0.3 is 6.18 Å². The molecule has 22 heavy (non-hydrogen) atoms. The Morgan fingerprint density at radius 2 is 2.05 bits per heavy atom. The summed E-state index contributed by atoms with van der Waals surface area (Å²) in [7, 11) is -1.60. The Balaban J connectivity index is 2.65. The number of aliphatic hydroxyl groups is 1. The monoisotopic (exact) mass is 333 g/mol. The van der Waals surface area contributed by atoms with Crippen LogP contribution in [0.25, 0.3) is 5.69 Å². The summed E-state index contributed by atoms with van der Waals surface area (Å²) in [4.78, 5) is 0.0369. The number of nitrogens with zero attached hydrogens (tertiary/aromatic N) is 3. The maximum atomic E-state index is 12.8. The van der Waals surface area contributed by atoms with E-state index in [0.29, 0.717) is 11.4 Å². The van der Waals surface area contributed by atoms with Crippen LogP contribution in [-0.4, -0.2) is 30.1 Å². The number of aliphatic hydroxyl groups excluding tert-OH is 1. The van der Waals surface area contributed by atoms with Crippen molar-refractivity contribution < 1.29 is 22.5 Å². The molecule has 0 amide bonds. The third kappa shape index (κ3) is 3.05. The predicted octanol–water partition coefficient (Wildman–Crippen LogP) is 2.21. The molecule has 0 bridgehead atoms. The van der Waals surface area contributed by atoms with Gasteiger partial charge in [-0.25, -0.2) is 4.68 Å². The highest BCUT2D eigenvalue weighted by Gasteiger charge is 2.32. The molecule has 0 aliphatic heterocycles. The molecule has 0 saturated carbocycles. The van der Waals surface area contributed by atoms with Crippen molar-refractivity contribution in [3.8, 4) is 5.69 Å². The fraction of sp³-hybridized carbons (Fsp3) is 0.385. The van der Waals surface area contributed by atoms with E-state index < -0.39 is 22.5 Å². The number of benzene rings is 1. The number of aromatic nitrogens is 3. The summed E-state index contributed by atoms with van der Waals surface area (Å²) in [6, 6.07) is 2.99. The Kier molecular flexibility index (Phi) is 4.66. The third-order valence-electron chi connectivity index (χ3n) is 3.16. The van der Waals surface area contributed by atoms with Crippen molar-refractivity contribution in [1.82, 2.24) is 15.0 Å². The minimum atomic E-state index is -4.51. The summed E-state index contributed by atoms with van der Waals surface area (Å²) in [5.74, 6) is 0.176. The summed E-state index contributed by atoms with van der Waals surface area (Å²) in [5.41, 5.74) is 0.191. The van der Waals surface area contributed by atoms with Gasteiger partial charge in [0.05, 0.1) is 39.2 Å². The molecule has 2 rings (SSSR count). The van der Waals surface area contributed by atoms with Crippen LogP contribution in [0.5, 0.6) is 0 Å². The average Bonchev–Trinajstić information content (AvgIpc) is 2.85. The lowest BCUT2D eigenvalue weighted by Crippen LogP contribution is -2.11. The maximum absolute atomic E-state index is 12.8. The second kappa shape index (κ2) is 6.17. The highest BCUT2D eigenvalue weighted by atomic mass is 32.2. The highest BCUT2D eigenvalue weighted by molar-refractivity contribution is 7.85. The van der Waals surface area contributed by atoms with Gasteiger partial charge < -0.3 is 5.11 Å². The number of halogens is 3. The fourth-order valence-corrected chi connectivity index (χ4v) is 2.90. The van der Waals surface area contributed by atoms with E-state index in [9.17, 15) is 17.4 Å². The second-order valence-electron chi connectivity index (χ2n) is 4.51. The first-order chi connectivity index (χ1) is 10.3. The molecule has 0 fully saturated rings. The van der Waals surface area contributed by atoms with E-state index in [1.54, 1.807) is 13.8 Å². The van der Waals surface area contributed by atoms with Crippen LogP contribution in [0.2, 0.25) is 0 Å². The molecule has 0 radical (unpaired) electrons. The van der Waals surface area contributed by atoms with Crippen LogP contribution in [0.3, 0.4) is 0 Å².